The Morgan fingerprint density at radius 2 is 1.64 bits per heavy atom. The van der Waals surface area contributed by atoms with Crippen molar-refractivity contribution in [3.05, 3.63) is 83.9 Å². The third kappa shape index (κ3) is 5.55. The van der Waals surface area contributed by atoms with Crippen molar-refractivity contribution in [1.82, 2.24) is 0 Å². The first-order chi connectivity index (χ1) is 12.2. The zero-order chi connectivity index (χ0) is 17.5. The lowest BCUT2D eigenvalue weighted by Crippen LogP contribution is -2.33. The predicted octanol–water partition coefficient (Wildman–Crippen LogP) is 5.70. The van der Waals surface area contributed by atoms with E-state index in [9.17, 15) is 0 Å². The van der Waals surface area contributed by atoms with Crippen LogP contribution in [0.2, 0.25) is 0 Å². The van der Waals surface area contributed by atoms with Gasteiger partial charge >= 0.3 is 0 Å². The molecule has 1 aliphatic heterocycles. The molecule has 0 radical (unpaired) electrons. The van der Waals surface area contributed by atoms with Crippen molar-refractivity contribution < 1.29 is 9.47 Å². The molecule has 0 amide bonds. The summed E-state index contributed by atoms with van der Waals surface area (Å²) < 4.78 is 12.5. The lowest BCUT2D eigenvalue weighted by Gasteiger charge is -2.35. The molecule has 0 saturated carbocycles. The Labute approximate surface area is 151 Å². The molecule has 2 nitrogen and oxygen atoms in total. The molecule has 1 fully saturated rings. The molecule has 2 aromatic rings. The lowest BCUT2D eigenvalue weighted by molar-refractivity contribution is -0.237. The number of hydrogen-bond acceptors (Lipinski definition) is 2. The van der Waals surface area contributed by atoms with Gasteiger partial charge in [0, 0.05) is 12.0 Å². The molecule has 3 atom stereocenters. The van der Waals surface area contributed by atoms with E-state index in [0.29, 0.717) is 5.92 Å². The number of allylic oxidation sites excluding steroid dienone is 1. The number of benzene rings is 2. The quantitative estimate of drug-likeness (QED) is 0.630. The molecular formula is C23H28O2. The minimum absolute atomic E-state index is 0.113. The summed E-state index contributed by atoms with van der Waals surface area (Å²) in [7, 11) is 0. The predicted molar refractivity (Wildman–Crippen MR) is 102 cm³/mol. The number of ether oxygens (including phenoxy) is 2. The van der Waals surface area contributed by atoms with Crippen LogP contribution in [0, 0.1) is 5.92 Å². The highest BCUT2D eigenvalue weighted by Crippen LogP contribution is 2.32. The lowest BCUT2D eigenvalue weighted by atomic mass is 10.00. The van der Waals surface area contributed by atoms with Crippen molar-refractivity contribution in [2.75, 3.05) is 0 Å². The number of rotatable bonds is 6. The van der Waals surface area contributed by atoms with E-state index in [0.717, 1.165) is 24.8 Å². The van der Waals surface area contributed by atoms with E-state index < -0.39 is 0 Å². The van der Waals surface area contributed by atoms with Crippen LogP contribution in [0.5, 0.6) is 0 Å². The van der Waals surface area contributed by atoms with E-state index in [1.165, 1.54) is 5.56 Å². The van der Waals surface area contributed by atoms with Gasteiger partial charge in [-0.1, -0.05) is 86.7 Å². The largest absolute Gasteiger partial charge is 0.345 e. The van der Waals surface area contributed by atoms with E-state index in [4.69, 9.17) is 9.47 Å². The zero-order valence-corrected chi connectivity index (χ0v) is 15.2. The summed E-state index contributed by atoms with van der Waals surface area (Å²) in [5.74, 6) is 0.532. The highest BCUT2D eigenvalue weighted by atomic mass is 16.7. The molecule has 0 aromatic heterocycles. The van der Waals surface area contributed by atoms with Crippen molar-refractivity contribution in [2.45, 2.75) is 51.6 Å². The van der Waals surface area contributed by atoms with Crippen molar-refractivity contribution >= 4 is 0 Å². The Balaban J connectivity index is 1.68. The second-order valence-electron chi connectivity index (χ2n) is 7.06. The summed E-state index contributed by atoms with van der Waals surface area (Å²) in [6.07, 6.45) is 7.45. The molecule has 1 aliphatic rings. The van der Waals surface area contributed by atoms with Gasteiger partial charge in [0.05, 0.1) is 12.2 Å². The van der Waals surface area contributed by atoms with Crippen LogP contribution in [0.4, 0.5) is 0 Å². The normalized spacial score (nSPS) is 24.0. The van der Waals surface area contributed by atoms with E-state index in [-0.39, 0.29) is 18.5 Å². The summed E-state index contributed by atoms with van der Waals surface area (Å²) in [4.78, 5) is 0. The van der Waals surface area contributed by atoms with Gasteiger partial charge in [-0.15, -0.1) is 0 Å². The Morgan fingerprint density at radius 3 is 2.32 bits per heavy atom. The van der Waals surface area contributed by atoms with Crippen LogP contribution in [0.25, 0.3) is 0 Å². The molecule has 0 N–H and O–H groups in total. The highest BCUT2D eigenvalue weighted by Gasteiger charge is 2.29. The molecule has 1 saturated heterocycles. The van der Waals surface area contributed by atoms with Crippen LogP contribution in [-0.2, 0) is 15.9 Å². The fourth-order valence-electron chi connectivity index (χ4n) is 3.13. The first kappa shape index (κ1) is 17.9. The van der Waals surface area contributed by atoms with E-state index in [1.807, 2.05) is 18.2 Å². The first-order valence-electron chi connectivity index (χ1n) is 9.29. The highest BCUT2D eigenvalue weighted by molar-refractivity contribution is 5.17. The molecule has 0 bridgehead atoms. The minimum atomic E-state index is -0.280. The van der Waals surface area contributed by atoms with Crippen LogP contribution in [0.15, 0.2) is 72.8 Å². The molecule has 1 heterocycles. The second-order valence-corrected chi connectivity index (χ2v) is 7.06. The average Bonchev–Trinajstić information content (AvgIpc) is 2.66. The van der Waals surface area contributed by atoms with E-state index in [1.54, 1.807) is 0 Å². The topological polar surface area (TPSA) is 18.5 Å². The smallest absolute Gasteiger partial charge is 0.184 e. The van der Waals surface area contributed by atoms with Gasteiger partial charge in [0.25, 0.3) is 0 Å². The molecule has 3 rings (SSSR count). The monoisotopic (exact) mass is 336 g/mol. The maximum absolute atomic E-state index is 6.28. The van der Waals surface area contributed by atoms with Gasteiger partial charge in [-0.2, -0.15) is 0 Å². The maximum Gasteiger partial charge on any atom is 0.184 e. The van der Waals surface area contributed by atoms with Gasteiger partial charge in [-0.25, -0.2) is 0 Å². The molecule has 0 unspecified atom stereocenters. The summed E-state index contributed by atoms with van der Waals surface area (Å²) in [5.41, 5.74) is 2.46. The SMILES string of the molecule is CC(C)/C=C/[C@@H]1C[C@H](CCc2ccccc2)O[C@H](c2ccccc2)O1. The molecule has 2 aromatic carbocycles. The Hall–Kier alpha value is -1.90. The average molecular weight is 336 g/mol. The maximum atomic E-state index is 6.28. The summed E-state index contributed by atoms with van der Waals surface area (Å²) in [5, 5.41) is 0. The third-order valence-corrected chi connectivity index (χ3v) is 4.49. The van der Waals surface area contributed by atoms with Gasteiger partial charge in [0.15, 0.2) is 6.29 Å². The van der Waals surface area contributed by atoms with Crippen LogP contribution >= 0.6 is 0 Å². The fraction of sp³-hybridized carbons (Fsp3) is 0.391. The van der Waals surface area contributed by atoms with Crippen molar-refractivity contribution in [3.8, 4) is 0 Å². The molecule has 0 spiro atoms. The van der Waals surface area contributed by atoms with Gasteiger partial charge in [-0.3, -0.25) is 0 Å². The van der Waals surface area contributed by atoms with Gasteiger partial charge in [0.1, 0.15) is 0 Å². The van der Waals surface area contributed by atoms with Gasteiger partial charge in [0.2, 0.25) is 0 Å². The van der Waals surface area contributed by atoms with Crippen molar-refractivity contribution in [3.63, 3.8) is 0 Å². The van der Waals surface area contributed by atoms with E-state index in [2.05, 4.69) is 68.5 Å². The minimum Gasteiger partial charge on any atom is -0.345 e. The number of hydrogen-bond donors (Lipinski definition) is 0. The molecular weight excluding hydrogens is 308 g/mol. The second kappa shape index (κ2) is 8.98. The Morgan fingerprint density at radius 1 is 0.960 bits per heavy atom. The standard InChI is InChI=1S/C23H28O2/c1-18(2)13-15-21-17-22(16-14-19-9-5-3-6-10-19)25-23(24-21)20-11-7-4-8-12-20/h3-13,15,18,21-23H,14,16-17H2,1-2H3/b15-13+/t21-,22+,23-/m1/s1. The molecule has 2 heteroatoms. The van der Waals surface area contributed by atoms with Gasteiger partial charge in [-0.05, 0) is 24.3 Å². The summed E-state index contributed by atoms with van der Waals surface area (Å²) >= 11 is 0. The first-order valence-corrected chi connectivity index (χ1v) is 9.29. The van der Waals surface area contributed by atoms with Crippen molar-refractivity contribution in [1.29, 1.82) is 0 Å². The third-order valence-electron chi connectivity index (χ3n) is 4.49. The van der Waals surface area contributed by atoms with Crippen LogP contribution in [0.1, 0.15) is 44.1 Å². The van der Waals surface area contributed by atoms with Gasteiger partial charge < -0.3 is 9.47 Å². The van der Waals surface area contributed by atoms with Crippen LogP contribution in [-0.4, -0.2) is 12.2 Å². The summed E-state index contributed by atoms with van der Waals surface area (Å²) in [6.45, 7) is 4.38. The fourth-order valence-corrected chi connectivity index (χ4v) is 3.13. The van der Waals surface area contributed by atoms with Crippen molar-refractivity contribution in [2.24, 2.45) is 5.92 Å². The zero-order valence-electron chi connectivity index (χ0n) is 15.2. The van der Waals surface area contributed by atoms with E-state index >= 15 is 0 Å². The molecule has 25 heavy (non-hydrogen) atoms. The van der Waals surface area contributed by atoms with Crippen LogP contribution < -0.4 is 0 Å². The molecule has 132 valence electrons. The van der Waals surface area contributed by atoms with Crippen LogP contribution in [0.3, 0.4) is 0 Å². The Bertz CT molecular complexity index is 648. The summed E-state index contributed by atoms with van der Waals surface area (Å²) in [6, 6.07) is 20.9. The molecule has 0 aliphatic carbocycles. The Kier molecular flexibility index (Phi) is 6.43. The number of aryl methyl sites for hydroxylation is 1.